The third kappa shape index (κ3) is 5.10. The molecule has 6 nitrogen and oxygen atoms in total. The molecule has 126 valence electrons. The van der Waals surface area contributed by atoms with Crippen LogP contribution in [0, 0.1) is 0 Å². The largest absolute Gasteiger partial charge is 0.481 e. The molecule has 1 atom stereocenters. The van der Waals surface area contributed by atoms with Crippen molar-refractivity contribution >= 4 is 11.8 Å². The molecule has 0 radical (unpaired) electrons. The number of nitrogens with two attached hydrogens (primary N) is 1. The van der Waals surface area contributed by atoms with Crippen LogP contribution in [0.2, 0.25) is 0 Å². The number of carbonyl (C=O) groups is 2. The van der Waals surface area contributed by atoms with Crippen LogP contribution in [-0.4, -0.2) is 24.5 Å². The van der Waals surface area contributed by atoms with Crippen LogP contribution in [0.4, 0.5) is 0 Å². The molecule has 24 heavy (non-hydrogen) atoms. The lowest BCUT2D eigenvalue weighted by Gasteiger charge is -2.13. The minimum atomic E-state index is -0.708. The Balaban J connectivity index is 1.83. The molecule has 4 N–H and O–H groups in total. The van der Waals surface area contributed by atoms with Gasteiger partial charge in [-0.15, -0.1) is 0 Å². The first-order valence-electron chi connectivity index (χ1n) is 7.69. The summed E-state index contributed by atoms with van der Waals surface area (Å²) >= 11 is 0. The van der Waals surface area contributed by atoms with Crippen LogP contribution in [0.15, 0.2) is 54.6 Å². The number of hydrogen-bond donors (Lipinski definition) is 3. The van der Waals surface area contributed by atoms with E-state index in [9.17, 15) is 9.59 Å². The van der Waals surface area contributed by atoms with Gasteiger partial charge in [-0.1, -0.05) is 30.3 Å². The Morgan fingerprint density at radius 2 is 1.75 bits per heavy atom. The number of carbonyl (C=O) groups excluding carboxylic acids is 2. The smallest absolute Gasteiger partial charge is 0.274 e. The number of ether oxygens (including phenoxy) is 1. The van der Waals surface area contributed by atoms with Gasteiger partial charge in [0.1, 0.15) is 5.75 Å². The number of nitrogens with one attached hydrogen (secondary N) is 2. The molecule has 2 aromatic carbocycles. The zero-order chi connectivity index (χ0) is 17.4. The van der Waals surface area contributed by atoms with Gasteiger partial charge in [-0.3, -0.25) is 15.0 Å². The van der Waals surface area contributed by atoms with E-state index in [0.717, 1.165) is 6.42 Å². The van der Waals surface area contributed by atoms with Gasteiger partial charge in [0.15, 0.2) is 6.10 Å². The zero-order valence-corrected chi connectivity index (χ0v) is 13.5. The Labute approximate surface area is 141 Å². The molecule has 0 saturated carbocycles. The molecular formula is C18H21N3O3. The maximum Gasteiger partial charge on any atom is 0.274 e. The summed E-state index contributed by atoms with van der Waals surface area (Å²) in [7, 11) is 0. The lowest BCUT2D eigenvalue weighted by atomic mass is 10.1. The van der Waals surface area contributed by atoms with E-state index in [1.165, 1.54) is 5.56 Å². The number of benzene rings is 2. The second-order valence-electron chi connectivity index (χ2n) is 5.28. The minimum Gasteiger partial charge on any atom is -0.481 e. The quantitative estimate of drug-likeness (QED) is 0.407. The number of hydrazine groups is 1. The van der Waals surface area contributed by atoms with Crippen LogP contribution < -0.4 is 21.3 Å². The highest BCUT2D eigenvalue weighted by molar-refractivity contribution is 5.94. The third-order valence-electron chi connectivity index (χ3n) is 3.48. The van der Waals surface area contributed by atoms with Gasteiger partial charge in [0.2, 0.25) is 0 Å². The van der Waals surface area contributed by atoms with Crippen molar-refractivity contribution in [1.82, 2.24) is 10.7 Å². The molecule has 2 aromatic rings. The van der Waals surface area contributed by atoms with Crippen molar-refractivity contribution in [3.63, 3.8) is 0 Å². The molecule has 0 heterocycles. The number of rotatable bonds is 7. The van der Waals surface area contributed by atoms with Gasteiger partial charge in [-0.05, 0) is 43.2 Å². The van der Waals surface area contributed by atoms with Crippen LogP contribution in [0.25, 0.3) is 0 Å². The van der Waals surface area contributed by atoms with Crippen molar-refractivity contribution in [2.75, 3.05) is 6.54 Å². The van der Waals surface area contributed by atoms with Crippen LogP contribution in [0.3, 0.4) is 0 Å². The second-order valence-corrected chi connectivity index (χ2v) is 5.28. The predicted molar refractivity (Wildman–Crippen MR) is 91.3 cm³/mol. The lowest BCUT2D eigenvalue weighted by Crippen LogP contribution is -2.40. The van der Waals surface area contributed by atoms with E-state index in [4.69, 9.17) is 10.6 Å². The van der Waals surface area contributed by atoms with E-state index in [1.807, 2.05) is 35.8 Å². The minimum absolute atomic E-state index is 0.148. The Morgan fingerprint density at radius 1 is 1.08 bits per heavy atom. The van der Waals surface area contributed by atoms with Crippen LogP contribution in [-0.2, 0) is 11.2 Å². The van der Waals surface area contributed by atoms with Gasteiger partial charge in [-0.2, -0.15) is 0 Å². The summed E-state index contributed by atoms with van der Waals surface area (Å²) in [5, 5.41) is 2.87. The molecule has 2 rings (SSSR count). The van der Waals surface area contributed by atoms with Crippen LogP contribution >= 0.6 is 0 Å². The average Bonchev–Trinajstić information content (AvgIpc) is 2.62. The zero-order valence-electron chi connectivity index (χ0n) is 13.5. The first kappa shape index (κ1) is 17.5. The van der Waals surface area contributed by atoms with E-state index in [-0.39, 0.29) is 5.91 Å². The van der Waals surface area contributed by atoms with Gasteiger partial charge in [0, 0.05) is 12.1 Å². The van der Waals surface area contributed by atoms with Crippen molar-refractivity contribution < 1.29 is 14.3 Å². The molecule has 6 heteroatoms. The normalized spacial score (nSPS) is 11.4. The topological polar surface area (TPSA) is 93.4 Å². The summed E-state index contributed by atoms with van der Waals surface area (Å²) in [5.74, 6) is 4.97. The van der Waals surface area contributed by atoms with Crippen molar-refractivity contribution in [3.05, 3.63) is 65.7 Å². The predicted octanol–water partition coefficient (Wildman–Crippen LogP) is 1.42. The first-order valence-corrected chi connectivity index (χ1v) is 7.69. The van der Waals surface area contributed by atoms with Gasteiger partial charge >= 0.3 is 0 Å². The molecule has 0 saturated heterocycles. The first-order chi connectivity index (χ1) is 11.6. The molecule has 0 fully saturated rings. The van der Waals surface area contributed by atoms with Crippen molar-refractivity contribution in [1.29, 1.82) is 0 Å². The highest BCUT2D eigenvalue weighted by Crippen LogP contribution is 2.14. The van der Waals surface area contributed by atoms with Gasteiger partial charge in [-0.25, -0.2) is 5.84 Å². The van der Waals surface area contributed by atoms with Gasteiger partial charge in [0.25, 0.3) is 11.8 Å². The number of amides is 2. The Morgan fingerprint density at radius 3 is 2.38 bits per heavy atom. The van der Waals surface area contributed by atoms with E-state index in [0.29, 0.717) is 17.9 Å². The van der Waals surface area contributed by atoms with Crippen molar-refractivity contribution in [2.24, 2.45) is 5.84 Å². The van der Waals surface area contributed by atoms with E-state index >= 15 is 0 Å². The monoisotopic (exact) mass is 327 g/mol. The maximum absolute atomic E-state index is 12.1. The molecule has 0 bridgehead atoms. The fraction of sp³-hybridized carbons (Fsp3) is 0.222. The summed E-state index contributed by atoms with van der Waals surface area (Å²) in [6, 6.07) is 16.6. The highest BCUT2D eigenvalue weighted by atomic mass is 16.5. The van der Waals surface area contributed by atoms with Crippen LogP contribution in [0.1, 0.15) is 22.8 Å². The summed E-state index contributed by atoms with van der Waals surface area (Å²) in [4.78, 5) is 23.4. The van der Waals surface area contributed by atoms with E-state index in [2.05, 4.69) is 5.32 Å². The molecule has 0 aromatic heterocycles. The second kappa shape index (κ2) is 8.69. The molecule has 0 unspecified atom stereocenters. The lowest BCUT2D eigenvalue weighted by molar-refractivity contribution is -0.127. The molecule has 0 aliphatic heterocycles. The summed E-state index contributed by atoms with van der Waals surface area (Å²) in [6.07, 6.45) is 0.0694. The Hall–Kier alpha value is -2.86. The SMILES string of the molecule is C[C@H](Oc1ccc(C(=O)NCCc2ccccc2)cc1)C(=O)NN. The van der Waals surface area contributed by atoms with E-state index < -0.39 is 12.0 Å². The summed E-state index contributed by atoms with van der Waals surface area (Å²) in [5.41, 5.74) is 3.73. The van der Waals surface area contributed by atoms with Gasteiger partial charge in [0.05, 0.1) is 0 Å². The van der Waals surface area contributed by atoms with Gasteiger partial charge < -0.3 is 10.1 Å². The average molecular weight is 327 g/mol. The third-order valence-corrected chi connectivity index (χ3v) is 3.48. The summed E-state index contributed by atoms with van der Waals surface area (Å²) in [6.45, 7) is 2.15. The standard InChI is InChI=1S/C18H21N3O3/c1-13(17(22)21-19)24-16-9-7-15(8-10-16)18(23)20-12-11-14-5-3-2-4-6-14/h2-10,13H,11-12,19H2,1H3,(H,20,23)(H,21,22)/t13-/m0/s1. The Kier molecular flexibility index (Phi) is 6.33. The maximum atomic E-state index is 12.1. The van der Waals surface area contributed by atoms with Crippen molar-refractivity contribution in [3.8, 4) is 5.75 Å². The number of hydrogen-bond acceptors (Lipinski definition) is 4. The molecule has 0 aliphatic carbocycles. The molecule has 0 aliphatic rings. The van der Waals surface area contributed by atoms with Crippen molar-refractivity contribution in [2.45, 2.75) is 19.4 Å². The Bertz CT molecular complexity index is 672. The van der Waals surface area contributed by atoms with E-state index in [1.54, 1.807) is 31.2 Å². The fourth-order valence-corrected chi connectivity index (χ4v) is 2.13. The van der Waals surface area contributed by atoms with Crippen LogP contribution in [0.5, 0.6) is 5.75 Å². The molecule has 0 spiro atoms. The molecular weight excluding hydrogens is 306 g/mol. The molecule has 2 amide bonds. The summed E-state index contributed by atoms with van der Waals surface area (Å²) < 4.78 is 5.42. The fourth-order valence-electron chi connectivity index (χ4n) is 2.13. The highest BCUT2D eigenvalue weighted by Gasteiger charge is 2.13.